The zero-order valence-corrected chi connectivity index (χ0v) is 40.4. The maximum absolute atomic E-state index is 15.8. The second-order valence-electron chi connectivity index (χ2n) is 18.4. The molecule has 0 amide bonds. The van der Waals surface area contributed by atoms with Gasteiger partial charge in [0.1, 0.15) is 58.7 Å². The molecule has 0 unspecified atom stereocenters. The predicted octanol–water partition coefficient (Wildman–Crippen LogP) is 19.0. The summed E-state index contributed by atoms with van der Waals surface area (Å²) in [7, 11) is 0. The lowest BCUT2D eigenvalue weighted by molar-refractivity contribution is 0.588. The molecular formula is C66H34F8N4. The minimum absolute atomic E-state index is 0.0528. The average molecular weight is 1040 g/mol. The third-order valence-electron chi connectivity index (χ3n) is 14.0. The normalized spacial score (nSPS) is 11.3. The third-order valence-corrected chi connectivity index (χ3v) is 14.0. The van der Waals surface area contributed by atoms with Gasteiger partial charge in [0.15, 0.2) is 0 Å². The molecule has 0 spiro atoms. The minimum atomic E-state index is -0.928. The number of para-hydroxylation sites is 2. The fraction of sp³-hybridized carbons (Fsp3) is 0. The fourth-order valence-corrected chi connectivity index (χ4v) is 10.7. The first-order valence-corrected chi connectivity index (χ1v) is 24.3. The molecule has 0 radical (unpaired) electrons. The van der Waals surface area contributed by atoms with Crippen LogP contribution in [-0.2, 0) is 0 Å². The number of nitrogens with zero attached hydrogens (tertiary/aromatic N) is 4. The zero-order chi connectivity index (χ0) is 53.9. The highest BCUT2D eigenvalue weighted by molar-refractivity contribution is 6.28. The molecule has 4 nitrogen and oxygen atoms in total. The first-order chi connectivity index (χ1) is 37.9. The molecule has 0 saturated carbocycles. The zero-order valence-electron chi connectivity index (χ0n) is 40.4. The molecule has 0 atom stereocenters. The number of rotatable bonds is 10. The highest BCUT2D eigenvalue weighted by Crippen LogP contribution is 2.51. The summed E-state index contributed by atoms with van der Waals surface area (Å²) in [5.41, 5.74) is 0.227. The van der Waals surface area contributed by atoms with Crippen LogP contribution < -0.4 is 9.80 Å². The Morgan fingerprint density at radius 1 is 0.282 bits per heavy atom. The van der Waals surface area contributed by atoms with Crippen LogP contribution in [0, 0.1) is 69.2 Å². The number of benzene rings is 12. The van der Waals surface area contributed by atoms with E-state index >= 15 is 35.1 Å². The van der Waals surface area contributed by atoms with Gasteiger partial charge in [-0.2, -0.15) is 10.5 Å². The van der Waals surface area contributed by atoms with Crippen molar-refractivity contribution in [2.45, 2.75) is 0 Å². The van der Waals surface area contributed by atoms with Gasteiger partial charge in [-0.15, -0.1) is 0 Å². The summed E-state index contributed by atoms with van der Waals surface area (Å²) < 4.78 is 127. The van der Waals surface area contributed by atoms with Crippen molar-refractivity contribution in [1.29, 1.82) is 10.5 Å². The maximum Gasteiger partial charge on any atom is 0.133 e. The van der Waals surface area contributed by atoms with Gasteiger partial charge in [0.25, 0.3) is 0 Å². The topological polar surface area (TPSA) is 54.1 Å². The van der Waals surface area contributed by atoms with E-state index in [0.717, 1.165) is 59.3 Å². The molecule has 12 aromatic rings. The van der Waals surface area contributed by atoms with Crippen LogP contribution in [0.4, 0.5) is 69.2 Å². The average Bonchev–Trinajstić information content (AvgIpc) is 3.52. The van der Waals surface area contributed by atoms with Crippen molar-refractivity contribution >= 4 is 66.4 Å². The molecule has 0 fully saturated rings. The van der Waals surface area contributed by atoms with E-state index in [1.807, 2.05) is 48.5 Å². The smallest absolute Gasteiger partial charge is 0.133 e. The Morgan fingerprint density at radius 2 is 0.564 bits per heavy atom. The van der Waals surface area contributed by atoms with Crippen molar-refractivity contribution in [1.82, 2.24) is 0 Å². The van der Waals surface area contributed by atoms with E-state index in [0.29, 0.717) is 44.3 Å². The van der Waals surface area contributed by atoms with Crippen LogP contribution in [0.5, 0.6) is 0 Å². The molecule has 0 aliphatic heterocycles. The summed E-state index contributed by atoms with van der Waals surface area (Å²) >= 11 is 0. The molecule has 0 N–H and O–H groups in total. The quantitative estimate of drug-likeness (QED) is 0.101. The molecule has 0 aliphatic rings. The molecule has 0 aliphatic carbocycles. The highest BCUT2D eigenvalue weighted by Gasteiger charge is 2.28. The third kappa shape index (κ3) is 8.15. The van der Waals surface area contributed by atoms with Crippen molar-refractivity contribution < 1.29 is 35.1 Å². The first-order valence-electron chi connectivity index (χ1n) is 24.3. The van der Waals surface area contributed by atoms with E-state index in [9.17, 15) is 10.5 Å². The SMILES string of the molecule is N#Cc1ccccc1N(c1cc(-c2c(F)cccc2F)cc(-c2c(F)cccc2F)c1)c1ccc2ccc3c(N(c4cc(-c5c(F)cccc5F)cc(-c5c(F)cccc5F)c4)c4ccccc4C#N)ccc4ccc1c2c43. The molecule has 12 rings (SSSR count). The molecule has 78 heavy (non-hydrogen) atoms. The number of halogens is 8. The van der Waals surface area contributed by atoms with E-state index in [-0.39, 0.29) is 44.8 Å². The van der Waals surface area contributed by atoms with Gasteiger partial charge in [-0.1, -0.05) is 84.9 Å². The van der Waals surface area contributed by atoms with Crippen molar-refractivity contribution in [3.63, 3.8) is 0 Å². The second-order valence-corrected chi connectivity index (χ2v) is 18.4. The lowest BCUT2D eigenvalue weighted by Gasteiger charge is -2.31. The van der Waals surface area contributed by atoms with Gasteiger partial charge in [0.2, 0.25) is 0 Å². The van der Waals surface area contributed by atoms with Crippen LogP contribution in [0.2, 0.25) is 0 Å². The van der Waals surface area contributed by atoms with Crippen LogP contribution in [0.15, 0.2) is 206 Å². The molecule has 12 heteroatoms. The first kappa shape index (κ1) is 48.6. The molecule has 0 aromatic heterocycles. The lowest BCUT2D eigenvalue weighted by Crippen LogP contribution is -2.13. The van der Waals surface area contributed by atoms with Gasteiger partial charge in [0.05, 0.1) is 56.1 Å². The van der Waals surface area contributed by atoms with Crippen molar-refractivity contribution in [3.05, 3.63) is 264 Å². The van der Waals surface area contributed by atoms with Gasteiger partial charge in [0, 0.05) is 22.1 Å². The Hall–Kier alpha value is -10.3. The molecule has 374 valence electrons. The van der Waals surface area contributed by atoms with E-state index in [1.165, 1.54) is 60.7 Å². The fourth-order valence-electron chi connectivity index (χ4n) is 10.7. The second kappa shape index (κ2) is 19.4. The van der Waals surface area contributed by atoms with E-state index in [2.05, 4.69) is 12.1 Å². The van der Waals surface area contributed by atoms with Crippen LogP contribution >= 0.6 is 0 Å². The molecule has 0 heterocycles. The Balaban J connectivity index is 1.15. The largest absolute Gasteiger partial charge is 0.308 e. The number of anilines is 6. The summed E-state index contributed by atoms with van der Waals surface area (Å²) in [6, 6.07) is 54.7. The summed E-state index contributed by atoms with van der Waals surface area (Å²) in [5.74, 6) is -7.42. The van der Waals surface area contributed by atoms with Gasteiger partial charge in [-0.25, -0.2) is 35.1 Å². The van der Waals surface area contributed by atoms with Gasteiger partial charge in [-0.3, -0.25) is 0 Å². The van der Waals surface area contributed by atoms with Crippen molar-refractivity contribution in [2.75, 3.05) is 9.80 Å². The maximum atomic E-state index is 15.8. The minimum Gasteiger partial charge on any atom is -0.308 e. The lowest BCUT2D eigenvalue weighted by atomic mass is 9.91. The van der Waals surface area contributed by atoms with E-state index in [1.54, 1.807) is 58.3 Å². The van der Waals surface area contributed by atoms with E-state index in [4.69, 9.17) is 0 Å². The Bertz CT molecular complexity index is 4000. The van der Waals surface area contributed by atoms with Gasteiger partial charge in [-0.05, 0) is 165 Å². The predicted molar refractivity (Wildman–Crippen MR) is 290 cm³/mol. The summed E-state index contributed by atoms with van der Waals surface area (Å²) in [4.78, 5) is 3.39. The molecule has 12 aromatic carbocycles. The van der Waals surface area contributed by atoms with Crippen molar-refractivity contribution in [3.8, 4) is 56.6 Å². The Labute approximate surface area is 440 Å². The van der Waals surface area contributed by atoms with Crippen LogP contribution in [-0.4, -0.2) is 0 Å². The van der Waals surface area contributed by atoms with Crippen LogP contribution in [0.1, 0.15) is 11.1 Å². The molecular weight excluding hydrogens is 1000 g/mol. The summed E-state index contributed by atoms with van der Waals surface area (Å²) in [6.45, 7) is 0. The number of hydrogen-bond acceptors (Lipinski definition) is 4. The van der Waals surface area contributed by atoms with Gasteiger partial charge >= 0.3 is 0 Å². The number of hydrogen-bond donors (Lipinski definition) is 0. The highest BCUT2D eigenvalue weighted by atomic mass is 19.2. The Morgan fingerprint density at radius 3 is 0.859 bits per heavy atom. The van der Waals surface area contributed by atoms with Crippen molar-refractivity contribution in [2.24, 2.45) is 0 Å². The standard InChI is InChI=1S/C66H34F8N4/c67-49-11-5-12-50(68)63(49)41-29-42(64-51(69)13-6-14-52(64)70)32-45(31-41)77(57-19-3-1-9-39(57)35-75)59-27-23-37-22-26-48-60(28-24-38-21-25-47(59)61(37)62(38)48)78(58-20-4-2-10-40(58)36-76)46-33-43(65-53(71)15-7-16-54(65)72)30-44(34-46)66-55(73)17-8-18-56(66)74/h1-34H. The monoisotopic (exact) mass is 1030 g/mol. The van der Waals surface area contributed by atoms with Crippen LogP contribution in [0.3, 0.4) is 0 Å². The Kier molecular flexibility index (Phi) is 12.1. The van der Waals surface area contributed by atoms with Gasteiger partial charge < -0.3 is 9.80 Å². The summed E-state index contributed by atoms with van der Waals surface area (Å²) in [6.07, 6.45) is 0. The summed E-state index contributed by atoms with van der Waals surface area (Å²) in [5, 5.41) is 25.4. The van der Waals surface area contributed by atoms with E-state index < -0.39 is 68.8 Å². The molecule has 0 saturated heterocycles. The number of nitriles is 2. The molecule has 0 bridgehead atoms. The van der Waals surface area contributed by atoms with Crippen LogP contribution in [0.25, 0.3) is 76.8 Å².